The summed E-state index contributed by atoms with van der Waals surface area (Å²) in [6.07, 6.45) is 0.969. The van der Waals surface area contributed by atoms with E-state index in [1.54, 1.807) is 11.3 Å². The molecule has 1 heterocycles. The van der Waals surface area contributed by atoms with Crippen LogP contribution in [0.5, 0.6) is 0 Å². The van der Waals surface area contributed by atoms with Gasteiger partial charge in [-0.15, -0.1) is 11.3 Å². The first-order valence-electron chi connectivity index (χ1n) is 6.01. The van der Waals surface area contributed by atoms with Crippen LogP contribution in [-0.2, 0) is 6.42 Å². The highest BCUT2D eigenvalue weighted by Gasteiger charge is 1.97. The molecule has 18 heavy (non-hydrogen) atoms. The van der Waals surface area contributed by atoms with Crippen molar-refractivity contribution >= 4 is 27.8 Å². The zero-order valence-corrected chi connectivity index (χ0v) is 10.8. The number of nitrogens with one attached hydrogen (secondary N) is 1. The van der Waals surface area contributed by atoms with Gasteiger partial charge in [-0.1, -0.05) is 30.3 Å². The summed E-state index contributed by atoms with van der Waals surface area (Å²) in [7, 11) is 0. The van der Waals surface area contributed by atoms with E-state index in [2.05, 4.69) is 58.1 Å². The van der Waals surface area contributed by atoms with Gasteiger partial charge >= 0.3 is 0 Å². The second-order valence-corrected chi connectivity index (χ2v) is 4.94. The van der Waals surface area contributed by atoms with Gasteiger partial charge in [-0.05, 0) is 22.9 Å². The number of fused-ring (bicyclic) bond motifs is 1. The zero-order valence-electron chi connectivity index (χ0n) is 9.97. The number of aromatic nitrogens is 1. The molecule has 3 rings (SSSR count). The molecule has 3 heteroatoms. The smallest absolute Gasteiger partial charge is 0.0794 e. The van der Waals surface area contributed by atoms with E-state index in [-0.39, 0.29) is 0 Å². The van der Waals surface area contributed by atoms with Crippen molar-refractivity contribution in [1.82, 2.24) is 4.98 Å². The average molecular weight is 254 g/mol. The normalized spacial score (nSPS) is 10.7. The largest absolute Gasteiger partial charge is 0.385 e. The molecule has 1 aromatic heterocycles. The molecule has 0 radical (unpaired) electrons. The van der Waals surface area contributed by atoms with Crippen LogP contribution in [0.2, 0.25) is 0 Å². The molecule has 0 spiro atoms. The second kappa shape index (κ2) is 5.19. The lowest BCUT2D eigenvalue weighted by Gasteiger charge is -2.06. The minimum absolute atomic E-state index is 0.919. The van der Waals surface area contributed by atoms with Crippen LogP contribution in [0.1, 0.15) is 5.69 Å². The molecule has 0 aliphatic heterocycles. The van der Waals surface area contributed by atoms with E-state index in [1.165, 1.54) is 16.5 Å². The standard InChI is InChI=1S/C15H14N2S/c1-2-4-13-9-14(6-5-12(13)3-1)16-8-7-15-10-18-11-17-15/h1-6,9-11,16H,7-8H2. The summed E-state index contributed by atoms with van der Waals surface area (Å²) in [5, 5.41) is 8.09. The Morgan fingerprint density at radius 3 is 2.78 bits per heavy atom. The third kappa shape index (κ3) is 2.51. The summed E-state index contributed by atoms with van der Waals surface area (Å²) in [4.78, 5) is 4.28. The third-order valence-corrected chi connectivity index (χ3v) is 3.58. The molecule has 0 saturated carbocycles. The number of hydrogen-bond acceptors (Lipinski definition) is 3. The van der Waals surface area contributed by atoms with Crippen LogP contribution in [0.15, 0.2) is 53.4 Å². The maximum absolute atomic E-state index is 4.28. The van der Waals surface area contributed by atoms with Gasteiger partial charge in [0.2, 0.25) is 0 Å². The van der Waals surface area contributed by atoms with Gasteiger partial charge in [0.15, 0.2) is 0 Å². The fourth-order valence-corrected chi connectivity index (χ4v) is 2.59. The van der Waals surface area contributed by atoms with Crippen LogP contribution in [0.4, 0.5) is 5.69 Å². The molecule has 0 unspecified atom stereocenters. The van der Waals surface area contributed by atoms with E-state index in [0.29, 0.717) is 0 Å². The van der Waals surface area contributed by atoms with E-state index in [4.69, 9.17) is 0 Å². The molecule has 0 atom stereocenters. The fourth-order valence-electron chi connectivity index (χ4n) is 2.00. The van der Waals surface area contributed by atoms with Crippen LogP contribution in [0.3, 0.4) is 0 Å². The molecule has 2 aromatic carbocycles. The Morgan fingerprint density at radius 2 is 1.94 bits per heavy atom. The maximum atomic E-state index is 4.28. The Morgan fingerprint density at radius 1 is 1.06 bits per heavy atom. The lowest BCUT2D eigenvalue weighted by Crippen LogP contribution is -2.04. The molecule has 90 valence electrons. The zero-order chi connectivity index (χ0) is 12.2. The Bertz CT molecular complexity index is 632. The van der Waals surface area contributed by atoms with E-state index >= 15 is 0 Å². The monoisotopic (exact) mass is 254 g/mol. The summed E-state index contributed by atoms with van der Waals surface area (Å²) >= 11 is 1.65. The van der Waals surface area contributed by atoms with Crippen molar-refractivity contribution in [3.8, 4) is 0 Å². The molecule has 0 saturated heterocycles. The Kier molecular flexibility index (Phi) is 3.24. The third-order valence-electron chi connectivity index (χ3n) is 2.94. The summed E-state index contributed by atoms with van der Waals surface area (Å²) in [5.74, 6) is 0. The van der Waals surface area contributed by atoms with Crippen molar-refractivity contribution in [2.45, 2.75) is 6.42 Å². The van der Waals surface area contributed by atoms with Crippen molar-refractivity contribution in [2.24, 2.45) is 0 Å². The Hall–Kier alpha value is -1.87. The molecule has 0 bridgehead atoms. The molecule has 0 fully saturated rings. The van der Waals surface area contributed by atoms with Crippen molar-refractivity contribution in [3.63, 3.8) is 0 Å². The molecule has 0 aliphatic carbocycles. The first-order valence-corrected chi connectivity index (χ1v) is 6.96. The molecule has 1 N–H and O–H groups in total. The van der Waals surface area contributed by atoms with E-state index in [1.807, 2.05) is 5.51 Å². The van der Waals surface area contributed by atoms with Crippen LogP contribution in [0.25, 0.3) is 10.8 Å². The van der Waals surface area contributed by atoms with Gasteiger partial charge in [-0.2, -0.15) is 0 Å². The van der Waals surface area contributed by atoms with Crippen LogP contribution < -0.4 is 5.32 Å². The molecule has 3 aromatic rings. The Labute approximate surface area is 110 Å². The van der Waals surface area contributed by atoms with Crippen LogP contribution in [-0.4, -0.2) is 11.5 Å². The van der Waals surface area contributed by atoms with Gasteiger partial charge in [-0.25, -0.2) is 4.98 Å². The minimum Gasteiger partial charge on any atom is -0.385 e. The Balaban J connectivity index is 1.67. The van der Waals surface area contributed by atoms with E-state index < -0.39 is 0 Å². The summed E-state index contributed by atoms with van der Waals surface area (Å²) in [6, 6.07) is 14.9. The summed E-state index contributed by atoms with van der Waals surface area (Å²) < 4.78 is 0. The fraction of sp³-hybridized carbons (Fsp3) is 0.133. The predicted molar refractivity (Wildman–Crippen MR) is 78.3 cm³/mol. The summed E-state index contributed by atoms with van der Waals surface area (Å²) in [6.45, 7) is 0.919. The average Bonchev–Trinajstić information content (AvgIpc) is 2.92. The lowest BCUT2D eigenvalue weighted by molar-refractivity contribution is 0.978. The number of anilines is 1. The molecular weight excluding hydrogens is 240 g/mol. The van der Waals surface area contributed by atoms with Crippen molar-refractivity contribution in [1.29, 1.82) is 0 Å². The highest BCUT2D eigenvalue weighted by atomic mass is 32.1. The van der Waals surface area contributed by atoms with Gasteiger partial charge < -0.3 is 5.32 Å². The van der Waals surface area contributed by atoms with Crippen LogP contribution >= 0.6 is 11.3 Å². The highest BCUT2D eigenvalue weighted by molar-refractivity contribution is 7.07. The highest BCUT2D eigenvalue weighted by Crippen LogP contribution is 2.18. The molecular formula is C15H14N2S. The maximum Gasteiger partial charge on any atom is 0.0794 e. The number of hydrogen-bond donors (Lipinski definition) is 1. The SMILES string of the molecule is c1ccc2cc(NCCc3cscn3)ccc2c1. The van der Waals surface area contributed by atoms with Gasteiger partial charge in [0, 0.05) is 24.0 Å². The molecule has 2 nitrogen and oxygen atoms in total. The molecule has 0 amide bonds. The first-order chi connectivity index (χ1) is 8.92. The van der Waals surface area contributed by atoms with Gasteiger partial charge in [-0.3, -0.25) is 0 Å². The van der Waals surface area contributed by atoms with Crippen molar-refractivity contribution in [3.05, 3.63) is 59.0 Å². The van der Waals surface area contributed by atoms with Gasteiger partial charge in [0.25, 0.3) is 0 Å². The second-order valence-electron chi connectivity index (χ2n) is 4.22. The van der Waals surface area contributed by atoms with Crippen molar-refractivity contribution in [2.75, 3.05) is 11.9 Å². The van der Waals surface area contributed by atoms with Crippen LogP contribution in [0, 0.1) is 0 Å². The molecule has 0 aliphatic rings. The number of rotatable bonds is 4. The number of nitrogens with zero attached hydrogens (tertiary/aromatic N) is 1. The lowest BCUT2D eigenvalue weighted by atomic mass is 10.1. The predicted octanol–water partition coefficient (Wildman–Crippen LogP) is 3.95. The van der Waals surface area contributed by atoms with Gasteiger partial charge in [0.05, 0.1) is 11.2 Å². The number of thiazole rings is 1. The number of benzene rings is 2. The first kappa shape index (κ1) is 11.2. The van der Waals surface area contributed by atoms with Gasteiger partial charge in [0.1, 0.15) is 0 Å². The quantitative estimate of drug-likeness (QED) is 0.762. The van der Waals surface area contributed by atoms with Crippen molar-refractivity contribution < 1.29 is 0 Å². The topological polar surface area (TPSA) is 24.9 Å². The summed E-state index contributed by atoms with van der Waals surface area (Å²) in [5.41, 5.74) is 4.21. The van der Waals surface area contributed by atoms with E-state index in [9.17, 15) is 0 Å². The van der Waals surface area contributed by atoms with E-state index in [0.717, 1.165) is 18.7 Å². The minimum atomic E-state index is 0.919.